The van der Waals surface area contributed by atoms with Crippen molar-refractivity contribution in [2.45, 2.75) is 20.0 Å². The molecule has 0 aliphatic rings. The lowest BCUT2D eigenvalue weighted by molar-refractivity contribution is 0.0631. The lowest BCUT2D eigenvalue weighted by Crippen LogP contribution is -2.20. The van der Waals surface area contributed by atoms with Crippen molar-refractivity contribution in [1.29, 1.82) is 0 Å². The van der Waals surface area contributed by atoms with Gasteiger partial charge in [0.1, 0.15) is 11.8 Å². The number of hydrogen-bond donors (Lipinski definition) is 2. The highest BCUT2D eigenvalue weighted by Crippen LogP contribution is 2.06. The Labute approximate surface area is 99.3 Å². The minimum Gasteiger partial charge on any atom is -0.471 e. The first-order valence-corrected chi connectivity index (χ1v) is 5.21. The second kappa shape index (κ2) is 6.64. The Balaban J connectivity index is 2.56. The first-order valence-electron chi connectivity index (χ1n) is 5.21. The molecule has 0 fully saturated rings. The summed E-state index contributed by atoms with van der Waals surface area (Å²) < 4.78 is 10.6. The number of nitrogens with zero attached hydrogens (tertiary/aromatic N) is 3. The van der Waals surface area contributed by atoms with E-state index < -0.39 is 0 Å². The van der Waals surface area contributed by atoms with Crippen molar-refractivity contribution in [3.05, 3.63) is 18.1 Å². The molecule has 3 N–H and O–H groups in total. The van der Waals surface area contributed by atoms with Crippen LogP contribution in [0.25, 0.3) is 0 Å². The molecule has 0 aliphatic carbocycles. The van der Waals surface area contributed by atoms with Crippen molar-refractivity contribution in [2.75, 3.05) is 13.2 Å². The van der Waals surface area contributed by atoms with Crippen molar-refractivity contribution in [3.8, 4) is 5.88 Å². The second-order valence-electron chi connectivity index (χ2n) is 3.31. The van der Waals surface area contributed by atoms with Crippen LogP contribution in [0.5, 0.6) is 5.88 Å². The highest BCUT2D eigenvalue weighted by Gasteiger charge is 2.07. The fourth-order valence-corrected chi connectivity index (χ4v) is 1.08. The van der Waals surface area contributed by atoms with Crippen molar-refractivity contribution in [1.82, 2.24) is 9.97 Å². The van der Waals surface area contributed by atoms with E-state index in [4.69, 9.17) is 20.4 Å². The van der Waals surface area contributed by atoms with E-state index in [2.05, 4.69) is 15.1 Å². The Morgan fingerprint density at radius 3 is 2.82 bits per heavy atom. The van der Waals surface area contributed by atoms with Gasteiger partial charge < -0.3 is 20.4 Å². The molecule has 0 saturated carbocycles. The number of ether oxygens (including phenoxy) is 2. The fourth-order valence-electron chi connectivity index (χ4n) is 1.08. The summed E-state index contributed by atoms with van der Waals surface area (Å²) in [6, 6.07) is 0. The van der Waals surface area contributed by atoms with Crippen LogP contribution >= 0.6 is 0 Å². The third-order valence-corrected chi connectivity index (χ3v) is 1.88. The van der Waals surface area contributed by atoms with Gasteiger partial charge in [-0.25, -0.2) is 9.97 Å². The van der Waals surface area contributed by atoms with Crippen molar-refractivity contribution >= 4 is 5.84 Å². The van der Waals surface area contributed by atoms with Crippen LogP contribution in [-0.4, -0.2) is 40.3 Å². The summed E-state index contributed by atoms with van der Waals surface area (Å²) in [5, 5.41) is 11.3. The molecule has 0 saturated heterocycles. The molecule has 1 rings (SSSR count). The van der Waals surface area contributed by atoms with Crippen LogP contribution in [0.2, 0.25) is 0 Å². The summed E-state index contributed by atoms with van der Waals surface area (Å²) >= 11 is 0. The third-order valence-electron chi connectivity index (χ3n) is 1.88. The van der Waals surface area contributed by atoms with Crippen LogP contribution in [0.1, 0.15) is 19.5 Å². The molecule has 1 unspecified atom stereocenters. The number of nitrogens with two attached hydrogens (primary N) is 1. The van der Waals surface area contributed by atoms with Gasteiger partial charge in [-0.2, -0.15) is 0 Å². The number of oxime groups is 1. The molecule has 94 valence electrons. The van der Waals surface area contributed by atoms with Gasteiger partial charge in [0, 0.05) is 6.61 Å². The van der Waals surface area contributed by atoms with Crippen molar-refractivity contribution in [2.24, 2.45) is 10.9 Å². The van der Waals surface area contributed by atoms with Gasteiger partial charge >= 0.3 is 0 Å². The van der Waals surface area contributed by atoms with Crippen molar-refractivity contribution < 1.29 is 14.7 Å². The van der Waals surface area contributed by atoms with E-state index in [1.807, 2.05) is 13.8 Å². The molecule has 0 amide bonds. The summed E-state index contributed by atoms with van der Waals surface area (Å²) in [5.74, 6) is 0.276. The minimum atomic E-state index is -0.112. The SMILES string of the molecule is CCOCC(C)Oc1cnc(C(N)=NO)cn1. The van der Waals surface area contributed by atoms with Crippen LogP contribution in [0.15, 0.2) is 17.5 Å². The molecule has 7 heteroatoms. The van der Waals surface area contributed by atoms with Gasteiger partial charge in [0.25, 0.3) is 0 Å². The monoisotopic (exact) mass is 240 g/mol. The van der Waals surface area contributed by atoms with Crippen LogP contribution < -0.4 is 10.5 Å². The molecule has 1 aromatic heterocycles. The number of amidine groups is 1. The predicted molar refractivity (Wildman–Crippen MR) is 61.1 cm³/mol. The van der Waals surface area contributed by atoms with Crippen LogP contribution in [-0.2, 0) is 4.74 Å². The average molecular weight is 240 g/mol. The van der Waals surface area contributed by atoms with Crippen LogP contribution in [0.3, 0.4) is 0 Å². The third kappa shape index (κ3) is 4.23. The topological polar surface area (TPSA) is 103 Å². The van der Waals surface area contributed by atoms with E-state index in [-0.39, 0.29) is 17.6 Å². The lowest BCUT2D eigenvalue weighted by Gasteiger charge is -2.13. The van der Waals surface area contributed by atoms with Gasteiger partial charge in [-0.1, -0.05) is 5.16 Å². The fraction of sp³-hybridized carbons (Fsp3) is 0.500. The van der Waals surface area contributed by atoms with Crippen LogP contribution in [0, 0.1) is 0 Å². The van der Waals surface area contributed by atoms with Crippen LogP contribution in [0.4, 0.5) is 0 Å². The molecule has 7 nitrogen and oxygen atoms in total. The maximum absolute atomic E-state index is 8.45. The molecule has 0 spiro atoms. The Bertz CT molecular complexity index is 366. The summed E-state index contributed by atoms with van der Waals surface area (Å²) in [5.41, 5.74) is 5.64. The van der Waals surface area contributed by atoms with E-state index in [1.165, 1.54) is 12.4 Å². The van der Waals surface area contributed by atoms with E-state index in [1.54, 1.807) is 0 Å². The van der Waals surface area contributed by atoms with E-state index in [0.717, 1.165) is 0 Å². The zero-order valence-corrected chi connectivity index (χ0v) is 9.83. The summed E-state index contributed by atoms with van der Waals surface area (Å²) in [6.07, 6.45) is 2.67. The first-order chi connectivity index (χ1) is 8.17. The Morgan fingerprint density at radius 2 is 2.29 bits per heavy atom. The summed E-state index contributed by atoms with van der Waals surface area (Å²) in [7, 11) is 0. The molecule has 0 aliphatic heterocycles. The molecule has 17 heavy (non-hydrogen) atoms. The predicted octanol–water partition coefficient (Wildman–Crippen LogP) is 0.375. The molecular formula is C10H16N4O3. The van der Waals surface area contributed by atoms with Gasteiger partial charge in [-0.05, 0) is 13.8 Å². The number of aromatic nitrogens is 2. The largest absolute Gasteiger partial charge is 0.471 e. The van der Waals surface area contributed by atoms with E-state index in [9.17, 15) is 0 Å². The Hall–Kier alpha value is -1.89. The summed E-state index contributed by atoms with van der Waals surface area (Å²) in [4.78, 5) is 7.92. The van der Waals surface area contributed by atoms with Gasteiger partial charge in [-0.15, -0.1) is 0 Å². The highest BCUT2D eigenvalue weighted by atomic mass is 16.5. The molecule has 1 atom stereocenters. The van der Waals surface area contributed by atoms with E-state index in [0.29, 0.717) is 19.1 Å². The summed E-state index contributed by atoms with van der Waals surface area (Å²) in [6.45, 7) is 4.91. The van der Waals surface area contributed by atoms with Gasteiger partial charge in [0.15, 0.2) is 5.84 Å². The Kier molecular flexibility index (Phi) is 5.15. The number of rotatable bonds is 6. The molecule has 0 radical (unpaired) electrons. The van der Waals surface area contributed by atoms with Gasteiger partial charge in [-0.3, -0.25) is 0 Å². The molecule has 0 bridgehead atoms. The Morgan fingerprint density at radius 1 is 1.53 bits per heavy atom. The van der Waals surface area contributed by atoms with Gasteiger partial charge in [0.2, 0.25) is 5.88 Å². The first kappa shape index (κ1) is 13.2. The molecule has 0 aromatic carbocycles. The smallest absolute Gasteiger partial charge is 0.232 e. The lowest BCUT2D eigenvalue weighted by atomic mass is 10.4. The molecule has 1 aromatic rings. The maximum atomic E-state index is 8.45. The van der Waals surface area contributed by atoms with Crippen molar-refractivity contribution in [3.63, 3.8) is 0 Å². The molecular weight excluding hydrogens is 224 g/mol. The average Bonchev–Trinajstić information content (AvgIpc) is 2.36. The highest BCUT2D eigenvalue weighted by molar-refractivity contribution is 5.94. The second-order valence-corrected chi connectivity index (χ2v) is 3.31. The zero-order chi connectivity index (χ0) is 12.7. The van der Waals surface area contributed by atoms with Gasteiger partial charge in [0.05, 0.1) is 19.0 Å². The normalized spacial score (nSPS) is 13.4. The number of hydrogen-bond acceptors (Lipinski definition) is 6. The maximum Gasteiger partial charge on any atom is 0.232 e. The standard InChI is InChI=1S/C10H16N4O3/c1-3-16-6-7(2)17-9-5-12-8(4-13-9)10(11)14-15/h4-5,7,15H,3,6H2,1-2H3,(H2,11,14). The van der Waals surface area contributed by atoms with E-state index >= 15 is 0 Å². The zero-order valence-electron chi connectivity index (χ0n) is 9.83. The molecule has 1 heterocycles. The quantitative estimate of drug-likeness (QED) is 0.322. The minimum absolute atomic E-state index is 0.0913.